The third-order valence-corrected chi connectivity index (χ3v) is 7.54. The number of methoxy groups -OCH3 is 2. The van der Waals surface area contributed by atoms with Crippen molar-refractivity contribution in [3.8, 4) is 5.69 Å². The molecule has 0 saturated heterocycles. The number of carboxylic acids is 1. The van der Waals surface area contributed by atoms with Crippen LogP contribution in [0.4, 0.5) is 8.78 Å². The molecule has 4 aromatic rings. The number of carboxylic acid groups (broad SMARTS) is 1. The van der Waals surface area contributed by atoms with Crippen LogP contribution >= 0.6 is 0 Å². The number of aliphatic carboxylic acids is 1. The number of H-pyrrole nitrogens is 1. The summed E-state index contributed by atoms with van der Waals surface area (Å²) in [7, 11) is 3.06. The summed E-state index contributed by atoms with van der Waals surface area (Å²) in [6.07, 6.45) is 2.99. The molecule has 1 fully saturated rings. The summed E-state index contributed by atoms with van der Waals surface area (Å²) in [6, 6.07) is 7.84. The maximum absolute atomic E-state index is 14.5. The van der Waals surface area contributed by atoms with E-state index in [1.165, 1.54) is 13.2 Å². The summed E-state index contributed by atoms with van der Waals surface area (Å²) in [5.74, 6) is -2.99. The van der Waals surface area contributed by atoms with Crippen LogP contribution in [0.25, 0.3) is 27.5 Å². The lowest BCUT2D eigenvalue weighted by molar-refractivity contribution is -0.161. The molecule has 0 amide bonds. The van der Waals surface area contributed by atoms with Gasteiger partial charge in [-0.2, -0.15) is 5.10 Å². The first-order valence-electron chi connectivity index (χ1n) is 11.9. The van der Waals surface area contributed by atoms with Gasteiger partial charge >= 0.3 is 5.97 Å². The van der Waals surface area contributed by atoms with Crippen LogP contribution in [0.1, 0.15) is 50.3 Å². The summed E-state index contributed by atoms with van der Waals surface area (Å²) in [5, 5.41) is 18.9. The highest BCUT2D eigenvalue weighted by molar-refractivity contribution is 5.99. The van der Waals surface area contributed by atoms with Crippen LogP contribution < -0.4 is 0 Å². The fraction of sp³-hybridized carbons (Fsp3) is 0.407. The van der Waals surface area contributed by atoms with Gasteiger partial charge < -0.3 is 19.1 Å². The Balaban J connectivity index is 1.87. The topological polar surface area (TPSA) is 89.4 Å². The van der Waals surface area contributed by atoms with Gasteiger partial charge in [0.15, 0.2) is 17.2 Å². The third kappa shape index (κ3) is 3.69. The first-order valence-corrected chi connectivity index (χ1v) is 11.9. The van der Waals surface area contributed by atoms with Gasteiger partial charge in [-0.15, -0.1) is 0 Å². The first-order chi connectivity index (χ1) is 17.1. The van der Waals surface area contributed by atoms with Gasteiger partial charge in [-0.25, -0.2) is 13.6 Å². The maximum atomic E-state index is 14.5. The zero-order valence-corrected chi connectivity index (χ0v) is 20.7. The molecule has 190 valence electrons. The average Bonchev–Trinajstić information content (AvgIpc) is 3.55. The molecule has 1 unspecified atom stereocenters. The van der Waals surface area contributed by atoms with E-state index in [0.29, 0.717) is 31.6 Å². The van der Waals surface area contributed by atoms with E-state index in [2.05, 4.69) is 10.2 Å². The Kier molecular flexibility index (Phi) is 5.88. The summed E-state index contributed by atoms with van der Waals surface area (Å²) in [6.45, 7) is 4.43. The smallest absolute Gasteiger partial charge is 0.335 e. The first kappa shape index (κ1) is 24.4. The summed E-state index contributed by atoms with van der Waals surface area (Å²) < 4.78 is 41.5. The van der Waals surface area contributed by atoms with Crippen molar-refractivity contribution < 1.29 is 28.2 Å². The minimum absolute atomic E-state index is 0.137. The zero-order valence-electron chi connectivity index (χ0n) is 20.7. The molecule has 5 rings (SSSR count). The molecule has 0 spiro atoms. The molecular weight excluding hydrogens is 468 g/mol. The van der Waals surface area contributed by atoms with Crippen LogP contribution in [0.3, 0.4) is 0 Å². The van der Waals surface area contributed by atoms with E-state index in [0.717, 1.165) is 39.1 Å². The lowest BCUT2D eigenvalue weighted by Gasteiger charge is -2.30. The Morgan fingerprint density at radius 1 is 1.25 bits per heavy atom. The van der Waals surface area contributed by atoms with Crippen molar-refractivity contribution in [2.45, 2.75) is 50.0 Å². The number of nitrogens with one attached hydrogen (secondary N) is 1. The predicted molar refractivity (Wildman–Crippen MR) is 132 cm³/mol. The normalized spacial score (nSPS) is 20.6. The molecule has 2 aromatic heterocycles. The summed E-state index contributed by atoms with van der Waals surface area (Å²) in [5.41, 5.74) is 2.11. The SMILES string of the molecule is COCC(C)(C)c1c(C2CC[C@@](OC)(C(=O)O)C2)c2cc3[nH]ncc3cc2n1-c1ccc(F)c(F)c1. The lowest BCUT2D eigenvalue weighted by atomic mass is 9.81. The standard InChI is InChI=1S/C27H29F2N3O4/c1-26(2,14-35-3)24-23(15-7-8-27(12-15,36-4)25(33)34)18-11-21-16(13-30-31-21)9-22(18)32(24)17-5-6-19(28)20(29)10-17/h5-6,9-11,13,15H,7-8,12,14H2,1-4H3,(H,30,31)(H,33,34)/t15?,27-/m0/s1. The van der Waals surface area contributed by atoms with Gasteiger partial charge in [-0.1, -0.05) is 13.8 Å². The highest BCUT2D eigenvalue weighted by Gasteiger charge is 2.48. The van der Waals surface area contributed by atoms with E-state index in [1.54, 1.807) is 19.4 Å². The van der Waals surface area contributed by atoms with Gasteiger partial charge in [-0.3, -0.25) is 5.10 Å². The maximum Gasteiger partial charge on any atom is 0.335 e. The second-order valence-corrected chi connectivity index (χ2v) is 10.3. The molecule has 1 saturated carbocycles. The fourth-order valence-electron chi connectivity index (χ4n) is 5.87. The van der Waals surface area contributed by atoms with Crippen LogP contribution in [0, 0.1) is 11.6 Å². The van der Waals surface area contributed by atoms with Gasteiger partial charge in [-0.05, 0) is 55.0 Å². The van der Waals surface area contributed by atoms with Crippen molar-refractivity contribution >= 4 is 27.8 Å². The molecule has 1 aliphatic rings. The van der Waals surface area contributed by atoms with Gasteiger partial charge in [0.05, 0.1) is 23.8 Å². The number of nitrogens with zero attached hydrogens (tertiary/aromatic N) is 2. The van der Waals surface area contributed by atoms with Crippen LogP contribution in [-0.4, -0.2) is 52.3 Å². The Hall–Kier alpha value is -3.30. The summed E-state index contributed by atoms with van der Waals surface area (Å²) in [4.78, 5) is 12.2. The quantitative estimate of drug-likeness (QED) is 0.355. The Morgan fingerprint density at radius 3 is 2.67 bits per heavy atom. The van der Waals surface area contributed by atoms with E-state index in [4.69, 9.17) is 9.47 Å². The molecular formula is C27H29F2N3O4. The van der Waals surface area contributed by atoms with Crippen molar-refractivity contribution in [3.05, 3.63) is 59.4 Å². The van der Waals surface area contributed by atoms with Crippen molar-refractivity contribution in [2.24, 2.45) is 0 Å². The molecule has 0 radical (unpaired) electrons. The van der Waals surface area contributed by atoms with E-state index < -0.39 is 28.6 Å². The van der Waals surface area contributed by atoms with Crippen LogP contribution in [-0.2, 0) is 19.7 Å². The summed E-state index contributed by atoms with van der Waals surface area (Å²) >= 11 is 0. The Bertz CT molecular complexity index is 1470. The third-order valence-electron chi connectivity index (χ3n) is 7.54. The molecule has 2 N–H and O–H groups in total. The van der Waals surface area contributed by atoms with E-state index in [-0.39, 0.29) is 5.92 Å². The molecule has 9 heteroatoms. The van der Waals surface area contributed by atoms with Crippen molar-refractivity contribution in [1.82, 2.24) is 14.8 Å². The second-order valence-electron chi connectivity index (χ2n) is 10.3. The number of benzene rings is 2. The minimum atomic E-state index is -1.28. The van der Waals surface area contributed by atoms with E-state index in [9.17, 15) is 18.7 Å². The van der Waals surface area contributed by atoms with Gasteiger partial charge in [0, 0.05) is 47.9 Å². The average molecular weight is 498 g/mol. The highest BCUT2D eigenvalue weighted by Crippen LogP contribution is 2.50. The molecule has 1 aliphatic carbocycles. The number of aromatic nitrogens is 3. The van der Waals surface area contributed by atoms with Crippen LogP contribution in [0.2, 0.25) is 0 Å². The number of carbonyl (C=O) groups is 1. The second kappa shape index (κ2) is 8.67. The largest absolute Gasteiger partial charge is 0.479 e. The Labute approximate surface area is 207 Å². The highest BCUT2D eigenvalue weighted by atomic mass is 19.2. The fourth-order valence-corrected chi connectivity index (χ4v) is 5.87. The van der Waals surface area contributed by atoms with Gasteiger partial charge in [0.25, 0.3) is 0 Å². The molecule has 2 atom stereocenters. The van der Waals surface area contributed by atoms with Crippen LogP contribution in [0.5, 0.6) is 0 Å². The number of halogens is 2. The van der Waals surface area contributed by atoms with Crippen molar-refractivity contribution in [1.29, 1.82) is 0 Å². The number of aromatic amines is 1. The number of fused-ring (bicyclic) bond motifs is 2. The molecule has 7 nitrogen and oxygen atoms in total. The Morgan fingerprint density at radius 2 is 2.03 bits per heavy atom. The molecule has 0 bridgehead atoms. The van der Waals surface area contributed by atoms with Crippen molar-refractivity contribution in [3.63, 3.8) is 0 Å². The molecule has 2 aromatic carbocycles. The van der Waals surface area contributed by atoms with E-state index >= 15 is 0 Å². The molecule has 36 heavy (non-hydrogen) atoms. The molecule has 2 heterocycles. The number of rotatable bonds is 7. The zero-order chi connectivity index (χ0) is 25.8. The monoisotopic (exact) mass is 497 g/mol. The van der Waals surface area contributed by atoms with Gasteiger partial charge in [0.2, 0.25) is 0 Å². The number of hydrogen-bond donors (Lipinski definition) is 2. The minimum Gasteiger partial charge on any atom is -0.479 e. The van der Waals surface area contributed by atoms with Gasteiger partial charge in [0.1, 0.15) is 0 Å². The molecule has 0 aliphatic heterocycles. The van der Waals surface area contributed by atoms with E-state index in [1.807, 2.05) is 30.5 Å². The predicted octanol–water partition coefficient (Wildman–Crippen LogP) is 5.45. The number of ether oxygens (including phenoxy) is 2. The van der Waals surface area contributed by atoms with Crippen LogP contribution in [0.15, 0.2) is 36.5 Å². The van der Waals surface area contributed by atoms with Crippen molar-refractivity contribution in [2.75, 3.05) is 20.8 Å². The lowest BCUT2D eigenvalue weighted by Crippen LogP contribution is -2.38. The number of hydrogen-bond acceptors (Lipinski definition) is 4.